The maximum Gasteiger partial charge on any atom is 0.326 e. The Labute approximate surface area is 132 Å². The molecule has 0 fully saturated rings. The van der Waals surface area contributed by atoms with E-state index in [0.717, 1.165) is 16.5 Å². The van der Waals surface area contributed by atoms with E-state index in [0.29, 0.717) is 0 Å². The van der Waals surface area contributed by atoms with Crippen LogP contribution in [0.15, 0.2) is 30.5 Å². The van der Waals surface area contributed by atoms with Gasteiger partial charge in [0.25, 0.3) is 0 Å². The molecule has 1 amide bonds. The zero-order valence-corrected chi connectivity index (χ0v) is 12.9. The van der Waals surface area contributed by atoms with Crippen molar-refractivity contribution in [3.8, 4) is 0 Å². The predicted octanol–water partition coefficient (Wildman–Crippen LogP) is 0.919. The molecule has 3 N–H and O–H groups in total. The fourth-order valence-corrected chi connectivity index (χ4v) is 1.97. The van der Waals surface area contributed by atoms with Gasteiger partial charge in [-0.25, -0.2) is 4.79 Å². The van der Waals surface area contributed by atoms with Crippen LogP contribution >= 0.6 is 0 Å². The first-order valence-electron chi connectivity index (χ1n) is 5.63. The molecular formula is C13H14N2NaO3. The standard InChI is InChI=1S/C13H14N2O3.Na/c1-8(16)15-12(13(17)18)6-9-7-14-11-5-3-2-4-10(9)11;/h2-5,7,12,14H,6H2,1H3,(H,15,16)(H,17,18);/t12-;/m0./s1. The number of H-pyrrole nitrogens is 1. The fraction of sp³-hybridized carbons (Fsp3) is 0.231. The summed E-state index contributed by atoms with van der Waals surface area (Å²) in [4.78, 5) is 25.1. The number of hydrogen-bond donors (Lipinski definition) is 3. The average molecular weight is 269 g/mol. The molecule has 0 bridgehead atoms. The van der Waals surface area contributed by atoms with Crippen molar-refractivity contribution >= 4 is 52.3 Å². The van der Waals surface area contributed by atoms with E-state index >= 15 is 0 Å². The Hall–Kier alpha value is -1.30. The van der Waals surface area contributed by atoms with Gasteiger partial charge in [0, 0.05) is 60.0 Å². The average Bonchev–Trinajstić information content (AvgIpc) is 2.71. The van der Waals surface area contributed by atoms with Crippen LogP contribution in [0.25, 0.3) is 10.9 Å². The second-order valence-corrected chi connectivity index (χ2v) is 4.15. The number of carbonyl (C=O) groups excluding carboxylic acids is 1. The van der Waals surface area contributed by atoms with Crippen molar-refractivity contribution in [2.24, 2.45) is 0 Å². The first-order valence-corrected chi connectivity index (χ1v) is 5.63. The van der Waals surface area contributed by atoms with Crippen LogP contribution in [-0.2, 0) is 16.0 Å². The Kier molecular flexibility index (Phi) is 5.60. The molecule has 95 valence electrons. The van der Waals surface area contributed by atoms with Gasteiger partial charge in [-0.1, -0.05) is 18.2 Å². The maximum absolute atomic E-state index is 11.1. The van der Waals surface area contributed by atoms with Crippen LogP contribution in [0.1, 0.15) is 12.5 Å². The smallest absolute Gasteiger partial charge is 0.326 e. The Morgan fingerprint density at radius 2 is 2.05 bits per heavy atom. The molecule has 19 heavy (non-hydrogen) atoms. The Bertz CT molecular complexity index is 594. The van der Waals surface area contributed by atoms with Crippen molar-refractivity contribution in [3.05, 3.63) is 36.0 Å². The first kappa shape index (κ1) is 15.8. The van der Waals surface area contributed by atoms with Gasteiger partial charge < -0.3 is 15.4 Å². The van der Waals surface area contributed by atoms with Crippen LogP contribution in [-0.4, -0.2) is 57.6 Å². The minimum Gasteiger partial charge on any atom is -0.480 e. The third-order valence-electron chi connectivity index (χ3n) is 2.77. The van der Waals surface area contributed by atoms with E-state index in [4.69, 9.17) is 5.11 Å². The predicted molar refractivity (Wildman–Crippen MR) is 73.0 cm³/mol. The van der Waals surface area contributed by atoms with Gasteiger partial charge in [-0.3, -0.25) is 4.79 Å². The number of aromatic nitrogens is 1. The summed E-state index contributed by atoms with van der Waals surface area (Å²) in [5, 5.41) is 12.5. The molecule has 0 spiro atoms. The number of aliphatic carboxylic acids is 1. The number of rotatable bonds is 4. The van der Waals surface area contributed by atoms with Gasteiger partial charge >= 0.3 is 5.97 Å². The molecular weight excluding hydrogens is 255 g/mol. The summed E-state index contributed by atoms with van der Waals surface area (Å²) in [5.74, 6) is -1.38. The van der Waals surface area contributed by atoms with Gasteiger partial charge in [-0.2, -0.15) is 0 Å². The Balaban J connectivity index is 0.00000180. The van der Waals surface area contributed by atoms with Gasteiger partial charge in [0.2, 0.25) is 5.91 Å². The molecule has 0 aliphatic rings. The third kappa shape index (κ3) is 3.83. The number of benzene rings is 1. The van der Waals surface area contributed by atoms with Gasteiger partial charge in [-0.05, 0) is 11.6 Å². The number of carboxylic acids is 1. The monoisotopic (exact) mass is 269 g/mol. The number of hydrogen-bond acceptors (Lipinski definition) is 2. The van der Waals surface area contributed by atoms with E-state index in [9.17, 15) is 9.59 Å². The molecule has 1 aromatic carbocycles. The molecule has 0 saturated carbocycles. The largest absolute Gasteiger partial charge is 0.480 e. The van der Waals surface area contributed by atoms with Crippen molar-refractivity contribution in [2.45, 2.75) is 19.4 Å². The van der Waals surface area contributed by atoms with E-state index in [1.54, 1.807) is 6.20 Å². The zero-order valence-electron chi connectivity index (χ0n) is 10.9. The van der Waals surface area contributed by atoms with E-state index in [1.807, 2.05) is 24.3 Å². The number of aromatic amines is 1. The van der Waals surface area contributed by atoms with E-state index in [-0.39, 0.29) is 41.9 Å². The molecule has 1 radical (unpaired) electrons. The minimum atomic E-state index is -1.03. The summed E-state index contributed by atoms with van der Waals surface area (Å²) in [6.45, 7) is 1.31. The number of para-hydroxylation sites is 1. The van der Waals surface area contributed by atoms with Crippen LogP contribution < -0.4 is 5.32 Å². The van der Waals surface area contributed by atoms with Gasteiger partial charge in [-0.15, -0.1) is 0 Å². The molecule has 0 aliphatic heterocycles. The molecule has 0 saturated heterocycles. The summed E-state index contributed by atoms with van der Waals surface area (Å²) in [6, 6.07) is 6.75. The van der Waals surface area contributed by atoms with Crippen molar-refractivity contribution in [1.29, 1.82) is 0 Å². The molecule has 6 heteroatoms. The van der Waals surface area contributed by atoms with Gasteiger partial charge in [0.15, 0.2) is 0 Å². The number of fused-ring (bicyclic) bond motifs is 1. The molecule has 1 atom stereocenters. The summed E-state index contributed by atoms with van der Waals surface area (Å²) in [6.07, 6.45) is 2.04. The summed E-state index contributed by atoms with van der Waals surface area (Å²) in [5.41, 5.74) is 1.84. The van der Waals surface area contributed by atoms with Crippen molar-refractivity contribution in [2.75, 3.05) is 0 Å². The molecule has 2 rings (SSSR count). The zero-order chi connectivity index (χ0) is 13.1. The van der Waals surface area contributed by atoms with Crippen LogP contribution in [0.2, 0.25) is 0 Å². The van der Waals surface area contributed by atoms with Gasteiger partial charge in [0.05, 0.1) is 0 Å². The Morgan fingerprint density at radius 3 is 2.68 bits per heavy atom. The molecule has 1 aromatic heterocycles. The summed E-state index contributed by atoms with van der Waals surface area (Å²) >= 11 is 0. The molecule has 2 aromatic rings. The number of nitrogens with one attached hydrogen (secondary N) is 2. The van der Waals surface area contributed by atoms with E-state index in [2.05, 4.69) is 10.3 Å². The number of carbonyl (C=O) groups is 2. The summed E-state index contributed by atoms with van der Waals surface area (Å²) < 4.78 is 0. The van der Waals surface area contributed by atoms with Crippen molar-refractivity contribution in [3.63, 3.8) is 0 Å². The minimum absolute atomic E-state index is 0. The molecule has 0 aliphatic carbocycles. The topological polar surface area (TPSA) is 82.2 Å². The van der Waals surface area contributed by atoms with Crippen LogP contribution in [0.5, 0.6) is 0 Å². The number of carboxylic acid groups (broad SMARTS) is 1. The van der Waals surface area contributed by atoms with E-state index in [1.165, 1.54) is 6.92 Å². The maximum atomic E-state index is 11.1. The first-order chi connectivity index (χ1) is 8.58. The van der Waals surface area contributed by atoms with Gasteiger partial charge in [0.1, 0.15) is 6.04 Å². The van der Waals surface area contributed by atoms with Crippen LogP contribution in [0.4, 0.5) is 0 Å². The molecule has 5 nitrogen and oxygen atoms in total. The quantitative estimate of drug-likeness (QED) is 0.722. The van der Waals surface area contributed by atoms with Crippen molar-refractivity contribution < 1.29 is 14.7 Å². The second-order valence-electron chi connectivity index (χ2n) is 4.15. The van der Waals surface area contributed by atoms with Crippen LogP contribution in [0.3, 0.4) is 0 Å². The molecule has 0 unspecified atom stereocenters. The van der Waals surface area contributed by atoms with Crippen molar-refractivity contribution in [1.82, 2.24) is 10.3 Å². The third-order valence-corrected chi connectivity index (χ3v) is 2.77. The normalized spacial score (nSPS) is 11.6. The fourth-order valence-electron chi connectivity index (χ4n) is 1.97. The Morgan fingerprint density at radius 1 is 1.37 bits per heavy atom. The summed E-state index contributed by atoms with van der Waals surface area (Å²) in [7, 11) is 0. The van der Waals surface area contributed by atoms with E-state index < -0.39 is 12.0 Å². The second kappa shape index (κ2) is 6.75. The SMILES string of the molecule is CC(=O)N[C@@H](Cc1c[nH]c2ccccc12)C(=O)O.[Na]. The molecule has 1 heterocycles. The number of amides is 1. The van der Waals surface area contributed by atoms with Crippen LogP contribution in [0, 0.1) is 0 Å².